The first-order valence-corrected chi connectivity index (χ1v) is 10.6. The molecule has 0 saturated carbocycles. The van der Waals surface area contributed by atoms with Crippen molar-refractivity contribution in [1.82, 2.24) is 4.98 Å². The van der Waals surface area contributed by atoms with E-state index in [1.54, 1.807) is 61.0 Å². The second-order valence-electron chi connectivity index (χ2n) is 6.74. The first-order chi connectivity index (χ1) is 14.5. The zero-order chi connectivity index (χ0) is 20.7. The van der Waals surface area contributed by atoms with E-state index in [0.29, 0.717) is 29.2 Å². The van der Waals surface area contributed by atoms with Gasteiger partial charge in [0.05, 0.1) is 17.0 Å². The predicted molar refractivity (Wildman–Crippen MR) is 113 cm³/mol. The summed E-state index contributed by atoms with van der Waals surface area (Å²) in [6, 6.07) is 17.4. The number of anilines is 2. The molecule has 3 N–H and O–H groups in total. The zero-order valence-electron chi connectivity index (χ0n) is 15.7. The fraction of sp³-hybridized carbons (Fsp3) is 0.0476. The third-order valence-corrected chi connectivity index (χ3v) is 6.30. The van der Waals surface area contributed by atoms with E-state index in [9.17, 15) is 8.42 Å². The number of sulfonamides is 1. The number of rotatable bonds is 4. The highest BCUT2D eigenvalue weighted by molar-refractivity contribution is 7.93. The number of pyridine rings is 1. The molecule has 30 heavy (non-hydrogen) atoms. The Morgan fingerprint density at radius 3 is 2.67 bits per heavy atom. The van der Waals surface area contributed by atoms with Crippen molar-refractivity contribution in [3.05, 3.63) is 83.9 Å². The van der Waals surface area contributed by atoms with Crippen molar-refractivity contribution < 1.29 is 12.8 Å². The van der Waals surface area contributed by atoms with Gasteiger partial charge in [0.15, 0.2) is 0 Å². The number of hydrogen-bond donors (Lipinski definition) is 2. The van der Waals surface area contributed by atoms with Crippen LogP contribution in [0.15, 0.2) is 87.4 Å². The topological polar surface area (TPSA) is 114 Å². The molecule has 8 nitrogen and oxygen atoms in total. The van der Waals surface area contributed by atoms with Crippen molar-refractivity contribution in [2.75, 3.05) is 16.3 Å². The molecule has 5 rings (SSSR count). The first kappa shape index (κ1) is 18.2. The number of nitrogens with zero attached hydrogens (tertiary/aromatic N) is 3. The summed E-state index contributed by atoms with van der Waals surface area (Å²) in [6.07, 6.45) is 3.12. The summed E-state index contributed by atoms with van der Waals surface area (Å²) < 4.78 is 33.8. The van der Waals surface area contributed by atoms with Gasteiger partial charge in [0.2, 0.25) is 5.55 Å². The zero-order valence-corrected chi connectivity index (χ0v) is 16.5. The Balaban J connectivity index is 1.44. The van der Waals surface area contributed by atoms with Crippen molar-refractivity contribution in [2.24, 2.45) is 10.7 Å². The lowest BCUT2D eigenvalue weighted by Crippen LogP contribution is -2.42. The van der Waals surface area contributed by atoms with Gasteiger partial charge in [0.1, 0.15) is 17.4 Å². The van der Waals surface area contributed by atoms with Gasteiger partial charge in [-0.25, -0.2) is 13.4 Å². The fourth-order valence-corrected chi connectivity index (χ4v) is 4.65. The van der Waals surface area contributed by atoms with Crippen LogP contribution < -0.4 is 26.1 Å². The predicted octanol–water partition coefficient (Wildman–Crippen LogP) is 1.75. The molecule has 2 aromatic carbocycles. The van der Waals surface area contributed by atoms with E-state index in [-0.39, 0.29) is 4.90 Å². The lowest BCUT2D eigenvalue weighted by atomic mass is 10.2. The number of benzene rings is 2. The molecule has 0 amide bonds. The van der Waals surface area contributed by atoms with Crippen LogP contribution in [0.3, 0.4) is 0 Å². The summed E-state index contributed by atoms with van der Waals surface area (Å²) in [5.41, 5.74) is 8.40. The molecule has 0 saturated heterocycles. The Morgan fingerprint density at radius 1 is 1.03 bits per heavy atom. The Hall–Kier alpha value is -3.85. The van der Waals surface area contributed by atoms with Crippen LogP contribution in [0.2, 0.25) is 0 Å². The van der Waals surface area contributed by atoms with E-state index in [1.165, 1.54) is 0 Å². The smallest absolute Gasteiger partial charge is 0.264 e. The van der Waals surface area contributed by atoms with Crippen molar-refractivity contribution in [1.29, 1.82) is 0 Å². The number of para-hydroxylation sites is 1. The number of aromatic nitrogens is 1. The molecule has 0 bridgehead atoms. The van der Waals surface area contributed by atoms with E-state index in [2.05, 4.69) is 14.7 Å². The van der Waals surface area contributed by atoms with Crippen molar-refractivity contribution in [2.45, 2.75) is 4.90 Å². The van der Waals surface area contributed by atoms with Crippen LogP contribution in [0.25, 0.3) is 16.7 Å². The molecule has 0 fully saturated rings. The maximum Gasteiger partial charge on any atom is 0.264 e. The molecule has 0 aliphatic carbocycles. The lowest BCUT2D eigenvalue weighted by Gasteiger charge is -2.24. The summed E-state index contributed by atoms with van der Waals surface area (Å²) in [7, 11) is -3.81. The molecule has 9 heteroatoms. The second-order valence-corrected chi connectivity index (χ2v) is 8.39. The monoisotopic (exact) mass is 419 g/mol. The molecule has 2 aromatic heterocycles. The highest BCUT2D eigenvalue weighted by Crippen LogP contribution is 2.25. The molecular formula is C21H17N5O3S. The Bertz CT molecular complexity index is 1470. The van der Waals surface area contributed by atoms with Gasteiger partial charge in [-0.3, -0.25) is 9.71 Å². The Kier molecular flexibility index (Phi) is 4.18. The molecule has 4 aromatic rings. The van der Waals surface area contributed by atoms with Crippen molar-refractivity contribution in [3.63, 3.8) is 0 Å². The van der Waals surface area contributed by atoms with Crippen LogP contribution in [0.5, 0.6) is 0 Å². The molecule has 0 unspecified atom stereocenters. The molecule has 0 atom stereocenters. The summed E-state index contributed by atoms with van der Waals surface area (Å²) >= 11 is 0. The first-order valence-electron chi connectivity index (χ1n) is 9.15. The van der Waals surface area contributed by atoms with Gasteiger partial charge in [0, 0.05) is 23.0 Å². The average Bonchev–Trinajstić information content (AvgIpc) is 3.24. The van der Waals surface area contributed by atoms with Gasteiger partial charge in [-0.15, -0.1) is 0 Å². The molecule has 3 heterocycles. The fourth-order valence-electron chi connectivity index (χ4n) is 3.41. The molecule has 150 valence electrons. The van der Waals surface area contributed by atoms with Crippen LogP contribution in [-0.2, 0) is 10.0 Å². The highest BCUT2D eigenvalue weighted by Gasteiger charge is 2.19. The highest BCUT2D eigenvalue weighted by atomic mass is 32.2. The maximum absolute atomic E-state index is 13.0. The van der Waals surface area contributed by atoms with Crippen LogP contribution >= 0.6 is 0 Å². The third-order valence-electron chi connectivity index (χ3n) is 4.88. The van der Waals surface area contributed by atoms with E-state index in [4.69, 9.17) is 10.2 Å². The number of nitrogens with one attached hydrogen (secondary N) is 1. The second kappa shape index (κ2) is 6.89. The van der Waals surface area contributed by atoms with Gasteiger partial charge in [-0.2, -0.15) is 0 Å². The normalized spacial score (nSPS) is 13.7. The van der Waals surface area contributed by atoms with E-state index in [0.717, 1.165) is 16.3 Å². The summed E-state index contributed by atoms with van der Waals surface area (Å²) in [4.78, 5) is 10.5. The Morgan fingerprint density at radius 2 is 1.83 bits per heavy atom. The summed E-state index contributed by atoms with van der Waals surface area (Å²) in [5.74, 6) is 0.531. The van der Waals surface area contributed by atoms with Gasteiger partial charge in [-0.05, 0) is 42.5 Å². The van der Waals surface area contributed by atoms with Crippen LogP contribution in [0.4, 0.5) is 11.4 Å². The van der Waals surface area contributed by atoms with Gasteiger partial charge >= 0.3 is 0 Å². The van der Waals surface area contributed by atoms with Crippen LogP contribution in [0, 0.1) is 0 Å². The minimum Gasteiger partial charge on any atom is -0.446 e. The number of nitrogens with two attached hydrogens (primary N) is 1. The van der Waals surface area contributed by atoms with Crippen molar-refractivity contribution in [3.8, 4) is 0 Å². The maximum atomic E-state index is 13.0. The van der Waals surface area contributed by atoms with Crippen LogP contribution in [-0.4, -0.2) is 20.1 Å². The van der Waals surface area contributed by atoms with Gasteiger partial charge in [-0.1, -0.05) is 18.2 Å². The van der Waals surface area contributed by atoms with E-state index >= 15 is 0 Å². The van der Waals surface area contributed by atoms with Crippen LogP contribution in [0.1, 0.15) is 0 Å². The quantitative estimate of drug-likeness (QED) is 0.521. The third kappa shape index (κ3) is 3.05. The standard InChI is InChI=1S/C21H17N5O3S/c22-20-17-10-12-29-21(17)24-13-26(20)16-8-6-15(7-9-16)25-30(27,28)18-5-1-3-14-4-2-11-23-19(14)18/h1-12,25H,13,22H2. The largest absolute Gasteiger partial charge is 0.446 e. The number of fused-ring (bicyclic) bond motifs is 2. The summed E-state index contributed by atoms with van der Waals surface area (Å²) in [5, 5.41) is 1.49. The van der Waals surface area contributed by atoms with Crippen molar-refractivity contribution >= 4 is 38.1 Å². The molecule has 1 aliphatic heterocycles. The minimum absolute atomic E-state index is 0.129. The number of hydrogen-bond acceptors (Lipinski definition) is 7. The SMILES string of the molecule is NC1=c2ccoc2=NCN1c1ccc(NS(=O)(=O)c2cccc3cccnc23)cc1. The minimum atomic E-state index is -3.81. The average molecular weight is 419 g/mol. The lowest BCUT2D eigenvalue weighted by molar-refractivity contribution is 0.500. The molecule has 1 aliphatic rings. The summed E-state index contributed by atoms with van der Waals surface area (Å²) in [6.45, 7) is 0.319. The van der Waals surface area contributed by atoms with E-state index < -0.39 is 10.0 Å². The number of furan rings is 1. The Labute approximate surface area is 172 Å². The molecule has 0 radical (unpaired) electrons. The molecular weight excluding hydrogens is 402 g/mol. The molecule has 0 spiro atoms. The van der Waals surface area contributed by atoms with E-state index in [1.807, 2.05) is 17.0 Å². The van der Waals surface area contributed by atoms with Gasteiger partial charge in [0.25, 0.3) is 10.0 Å². The van der Waals surface area contributed by atoms with Gasteiger partial charge < -0.3 is 15.1 Å².